The molecule has 2 nitrogen and oxygen atoms in total. The van der Waals surface area contributed by atoms with Gasteiger partial charge in [0.25, 0.3) is 0 Å². The van der Waals surface area contributed by atoms with Crippen LogP contribution >= 0.6 is 11.3 Å². The Kier molecular flexibility index (Phi) is 2.11. The van der Waals surface area contributed by atoms with Crippen molar-refractivity contribution in [2.45, 2.75) is 0 Å². The van der Waals surface area contributed by atoms with Crippen molar-refractivity contribution >= 4 is 21.4 Å². The zero-order valence-corrected chi connectivity index (χ0v) is 9.24. The SMILES string of the molecule is Oc1ccc(-c2cc3cnccc3s2)cc1. The first-order valence-corrected chi connectivity index (χ1v) is 5.77. The molecular formula is C13H9NOS. The second-order valence-electron chi connectivity index (χ2n) is 3.57. The molecule has 1 aromatic carbocycles. The van der Waals surface area contributed by atoms with Crippen molar-refractivity contribution in [2.75, 3.05) is 0 Å². The topological polar surface area (TPSA) is 33.1 Å². The molecule has 0 bridgehead atoms. The molecule has 0 atom stereocenters. The van der Waals surface area contributed by atoms with Crippen LogP contribution < -0.4 is 0 Å². The lowest BCUT2D eigenvalue weighted by molar-refractivity contribution is 0.475. The molecule has 2 aromatic heterocycles. The molecule has 0 saturated carbocycles. The zero-order chi connectivity index (χ0) is 11.0. The molecule has 16 heavy (non-hydrogen) atoms. The maximum Gasteiger partial charge on any atom is 0.115 e. The summed E-state index contributed by atoms with van der Waals surface area (Å²) >= 11 is 1.73. The molecule has 3 rings (SSSR count). The molecule has 0 unspecified atom stereocenters. The first-order chi connectivity index (χ1) is 7.83. The summed E-state index contributed by atoms with van der Waals surface area (Å²) in [7, 11) is 0. The number of thiophene rings is 1. The van der Waals surface area contributed by atoms with Crippen LogP contribution in [0.3, 0.4) is 0 Å². The van der Waals surface area contributed by atoms with Gasteiger partial charge in [0.1, 0.15) is 5.75 Å². The first-order valence-electron chi connectivity index (χ1n) is 4.96. The van der Waals surface area contributed by atoms with Gasteiger partial charge < -0.3 is 5.11 Å². The van der Waals surface area contributed by atoms with Crippen LogP contribution in [0.25, 0.3) is 20.5 Å². The van der Waals surface area contributed by atoms with Crippen LogP contribution in [0.2, 0.25) is 0 Å². The van der Waals surface area contributed by atoms with Crippen LogP contribution in [0.1, 0.15) is 0 Å². The summed E-state index contributed by atoms with van der Waals surface area (Å²) in [5.41, 5.74) is 1.12. The monoisotopic (exact) mass is 227 g/mol. The van der Waals surface area contributed by atoms with Crippen LogP contribution in [0.4, 0.5) is 0 Å². The summed E-state index contributed by atoms with van der Waals surface area (Å²) in [6.45, 7) is 0. The number of nitrogens with zero attached hydrogens (tertiary/aromatic N) is 1. The van der Waals surface area contributed by atoms with E-state index in [0.29, 0.717) is 5.75 Å². The minimum atomic E-state index is 0.298. The van der Waals surface area contributed by atoms with Gasteiger partial charge in [-0.2, -0.15) is 0 Å². The number of benzene rings is 1. The van der Waals surface area contributed by atoms with Crippen LogP contribution in [-0.2, 0) is 0 Å². The number of aromatic hydroxyl groups is 1. The molecule has 78 valence electrons. The normalized spacial score (nSPS) is 10.8. The molecule has 1 N–H and O–H groups in total. The lowest BCUT2D eigenvalue weighted by Gasteiger charge is -1.96. The van der Waals surface area contributed by atoms with E-state index in [1.807, 2.05) is 24.4 Å². The Morgan fingerprint density at radius 2 is 1.88 bits per heavy atom. The Morgan fingerprint density at radius 1 is 1.06 bits per heavy atom. The lowest BCUT2D eigenvalue weighted by atomic mass is 10.2. The molecule has 0 radical (unpaired) electrons. The lowest BCUT2D eigenvalue weighted by Crippen LogP contribution is -1.70. The number of rotatable bonds is 1. The van der Waals surface area contributed by atoms with E-state index in [-0.39, 0.29) is 0 Å². The van der Waals surface area contributed by atoms with Crippen molar-refractivity contribution in [1.82, 2.24) is 4.98 Å². The van der Waals surface area contributed by atoms with Crippen LogP contribution in [-0.4, -0.2) is 10.1 Å². The van der Waals surface area contributed by atoms with Crippen molar-refractivity contribution in [3.05, 3.63) is 48.8 Å². The Balaban J connectivity index is 2.15. The summed E-state index contributed by atoms with van der Waals surface area (Å²) < 4.78 is 1.23. The molecule has 0 saturated heterocycles. The molecule has 0 fully saturated rings. The Morgan fingerprint density at radius 3 is 2.62 bits per heavy atom. The highest BCUT2D eigenvalue weighted by Crippen LogP contribution is 2.33. The molecule has 3 aromatic rings. The van der Waals surface area contributed by atoms with E-state index in [2.05, 4.69) is 11.1 Å². The summed E-state index contributed by atoms with van der Waals surface area (Å²) in [5.74, 6) is 0.298. The smallest absolute Gasteiger partial charge is 0.115 e. The molecule has 0 amide bonds. The van der Waals surface area contributed by atoms with Crippen molar-refractivity contribution in [3.63, 3.8) is 0 Å². The highest BCUT2D eigenvalue weighted by atomic mass is 32.1. The van der Waals surface area contributed by atoms with E-state index in [9.17, 15) is 5.11 Å². The number of phenolic OH excluding ortho intramolecular Hbond substituents is 1. The van der Waals surface area contributed by atoms with Gasteiger partial charge in [0, 0.05) is 27.4 Å². The molecule has 0 aliphatic heterocycles. The van der Waals surface area contributed by atoms with Crippen LogP contribution in [0.5, 0.6) is 5.75 Å². The fraction of sp³-hybridized carbons (Fsp3) is 0. The number of hydrogen-bond acceptors (Lipinski definition) is 3. The molecule has 0 aliphatic carbocycles. The van der Waals surface area contributed by atoms with Crippen molar-refractivity contribution < 1.29 is 5.11 Å². The minimum absolute atomic E-state index is 0.298. The predicted molar refractivity (Wildman–Crippen MR) is 66.7 cm³/mol. The Bertz CT molecular complexity index is 595. The van der Waals surface area contributed by atoms with Gasteiger partial charge in [-0.25, -0.2) is 0 Å². The summed E-state index contributed by atoms with van der Waals surface area (Å²) in [6, 6.07) is 11.4. The van der Waals surface area contributed by atoms with Gasteiger partial charge in [-0.1, -0.05) is 0 Å². The van der Waals surface area contributed by atoms with E-state index < -0.39 is 0 Å². The number of phenols is 1. The van der Waals surface area contributed by atoms with E-state index >= 15 is 0 Å². The van der Waals surface area contributed by atoms with E-state index in [1.165, 1.54) is 9.58 Å². The van der Waals surface area contributed by atoms with Gasteiger partial charge in [-0.15, -0.1) is 11.3 Å². The van der Waals surface area contributed by atoms with Gasteiger partial charge in [0.15, 0.2) is 0 Å². The van der Waals surface area contributed by atoms with E-state index in [4.69, 9.17) is 0 Å². The molecule has 2 heterocycles. The third-order valence-corrected chi connectivity index (χ3v) is 3.63. The molecule has 0 spiro atoms. The largest absolute Gasteiger partial charge is 0.508 e. The standard InChI is InChI=1S/C13H9NOS/c15-11-3-1-9(2-4-11)13-7-10-8-14-6-5-12(10)16-13/h1-8,15H. The average Bonchev–Trinajstić information content (AvgIpc) is 2.73. The average molecular weight is 227 g/mol. The minimum Gasteiger partial charge on any atom is -0.508 e. The van der Waals surface area contributed by atoms with Crippen molar-refractivity contribution in [1.29, 1.82) is 0 Å². The summed E-state index contributed by atoms with van der Waals surface area (Å²) in [6.07, 6.45) is 3.68. The second kappa shape index (κ2) is 3.61. The van der Waals surface area contributed by atoms with E-state index in [1.54, 1.807) is 29.7 Å². The second-order valence-corrected chi connectivity index (χ2v) is 4.65. The van der Waals surface area contributed by atoms with Crippen molar-refractivity contribution in [3.8, 4) is 16.2 Å². The van der Waals surface area contributed by atoms with Crippen LogP contribution in [0, 0.1) is 0 Å². The molecular weight excluding hydrogens is 218 g/mol. The van der Waals surface area contributed by atoms with E-state index in [0.717, 1.165) is 10.9 Å². The number of pyridine rings is 1. The summed E-state index contributed by atoms with van der Waals surface area (Å²) in [5, 5.41) is 10.4. The zero-order valence-electron chi connectivity index (χ0n) is 8.42. The third kappa shape index (κ3) is 1.55. The van der Waals surface area contributed by atoms with Gasteiger partial charge >= 0.3 is 0 Å². The number of aromatic nitrogens is 1. The van der Waals surface area contributed by atoms with Gasteiger partial charge in [0.05, 0.1) is 0 Å². The maximum absolute atomic E-state index is 9.24. The van der Waals surface area contributed by atoms with Crippen LogP contribution in [0.15, 0.2) is 48.8 Å². The number of fused-ring (bicyclic) bond motifs is 1. The van der Waals surface area contributed by atoms with Gasteiger partial charge in [-0.05, 0) is 42.0 Å². The van der Waals surface area contributed by atoms with Gasteiger partial charge in [0.2, 0.25) is 0 Å². The quantitative estimate of drug-likeness (QED) is 0.688. The highest BCUT2D eigenvalue weighted by Gasteiger charge is 2.03. The van der Waals surface area contributed by atoms with Crippen molar-refractivity contribution in [2.24, 2.45) is 0 Å². The Labute approximate surface area is 96.8 Å². The molecule has 3 heteroatoms. The summed E-state index contributed by atoms with van der Waals surface area (Å²) in [4.78, 5) is 5.30. The third-order valence-electron chi connectivity index (χ3n) is 2.47. The fourth-order valence-electron chi connectivity index (χ4n) is 1.65. The fourth-order valence-corrected chi connectivity index (χ4v) is 2.69. The molecule has 0 aliphatic rings. The first kappa shape index (κ1) is 9.36. The predicted octanol–water partition coefficient (Wildman–Crippen LogP) is 3.67. The number of hydrogen-bond donors (Lipinski definition) is 1. The Hall–Kier alpha value is -1.87. The maximum atomic E-state index is 9.24. The van der Waals surface area contributed by atoms with Gasteiger partial charge in [-0.3, -0.25) is 4.98 Å². The highest BCUT2D eigenvalue weighted by molar-refractivity contribution is 7.22.